The van der Waals surface area contributed by atoms with Crippen LogP contribution in [-0.2, 0) is 6.61 Å². The topological polar surface area (TPSA) is 57.8 Å². The normalized spacial score (nSPS) is 10.8. The highest BCUT2D eigenvalue weighted by Gasteiger charge is 1.97. The number of hydrogen-bond acceptors (Lipinski definition) is 4. The quantitative estimate of drug-likeness (QED) is 0.797. The van der Waals surface area contributed by atoms with Crippen molar-refractivity contribution in [3.05, 3.63) is 54.4 Å². The zero-order chi connectivity index (χ0) is 11.2. The summed E-state index contributed by atoms with van der Waals surface area (Å²) in [6.07, 6.45) is 3.31. The van der Waals surface area contributed by atoms with E-state index in [9.17, 15) is 0 Å². The van der Waals surface area contributed by atoms with Crippen LogP contribution in [0.2, 0.25) is 0 Å². The fourth-order valence-corrected chi connectivity index (χ4v) is 1.27. The summed E-state index contributed by atoms with van der Waals surface area (Å²) in [6.45, 7) is -0.0395. The Morgan fingerprint density at radius 3 is 2.69 bits per heavy atom. The molecule has 0 atom stereocenters. The molecule has 80 valence electrons. The molecule has 0 aliphatic carbocycles. The molecule has 4 heteroatoms. The summed E-state index contributed by atoms with van der Waals surface area (Å²) < 4.78 is 0. The average molecular weight is 213 g/mol. The van der Waals surface area contributed by atoms with Crippen molar-refractivity contribution < 1.29 is 5.11 Å². The van der Waals surface area contributed by atoms with Crippen molar-refractivity contribution in [2.24, 2.45) is 10.2 Å². The third-order valence-electron chi connectivity index (χ3n) is 2.08. The lowest BCUT2D eigenvalue weighted by atomic mass is 10.2. The molecule has 1 aromatic carbocycles. The maximum absolute atomic E-state index is 9.10. The largest absolute Gasteiger partial charge is 0.392 e. The maximum Gasteiger partial charge on any atom is 0.104 e. The number of benzene rings is 1. The molecular formula is C12H11N3O. The van der Waals surface area contributed by atoms with Crippen LogP contribution in [0.15, 0.2) is 59.0 Å². The molecule has 1 N–H and O–H groups in total. The van der Waals surface area contributed by atoms with Gasteiger partial charge in [-0.25, -0.2) is 0 Å². The second kappa shape index (κ2) is 5.14. The molecule has 1 heterocycles. The Hall–Kier alpha value is -2.07. The molecule has 0 spiro atoms. The summed E-state index contributed by atoms with van der Waals surface area (Å²) in [5.41, 5.74) is 2.12. The first-order valence-electron chi connectivity index (χ1n) is 4.90. The first kappa shape index (κ1) is 10.4. The molecule has 4 nitrogen and oxygen atoms in total. The van der Waals surface area contributed by atoms with Gasteiger partial charge in [0.1, 0.15) is 5.69 Å². The fourth-order valence-electron chi connectivity index (χ4n) is 1.27. The van der Waals surface area contributed by atoms with Crippen molar-refractivity contribution in [1.82, 2.24) is 4.98 Å². The smallest absolute Gasteiger partial charge is 0.104 e. The minimum atomic E-state index is -0.0395. The van der Waals surface area contributed by atoms with E-state index in [0.29, 0.717) is 11.4 Å². The van der Waals surface area contributed by atoms with E-state index >= 15 is 0 Å². The molecule has 2 aromatic rings. The van der Waals surface area contributed by atoms with Gasteiger partial charge in [0.05, 0.1) is 18.5 Å². The monoisotopic (exact) mass is 213 g/mol. The van der Waals surface area contributed by atoms with E-state index in [1.54, 1.807) is 18.5 Å². The third kappa shape index (κ3) is 2.49. The van der Waals surface area contributed by atoms with Gasteiger partial charge in [-0.3, -0.25) is 4.98 Å². The van der Waals surface area contributed by atoms with Crippen LogP contribution in [0.1, 0.15) is 5.56 Å². The van der Waals surface area contributed by atoms with Gasteiger partial charge in [0.15, 0.2) is 0 Å². The van der Waals surface area contributed by atoms with Gasteiger partial charge in [-0.15, -0.1) is 5.11 Å². The highest BCUT2D eigenvalue weighted by molar-refractivity contribution is 5.45. The molecule has 1 aromatic heterocycles. The third-order valence-corrected chi connectivity index (χ3v) is 2.08. The van der Waals surface area contributed by atoms with E-state index in [1.807, 2.05) is 30.3 Å². The summed E-state index contributed by atoms with van der Waals surface area (Å²) in [6, 6.07) is 11.0. The molecule has 0 unspecified atom stereocenters. The van der Waals surface area contributed by atoms with E-state index < -0.39 is 0 Å². The number of azo groups is 1. The second-order valence-corrected chi connectivity index (χ2v) is 3.20. The molecule has 0 radical (unpaired) electrons. The molecule has 0 fully saturated rings. The number of aromatic nitrogens is 1. The van der Waals surface area contributed by atoms with Crippen molar-refractivity contribution >= 4 is 11.4 Å². The van der Waals surface area contributed by atoms with Crippen LogP contribution in [0.3, 0.4) is 0 Å². The highest BCUT2D eigenvalue weighted by atomic mass is 16.3. The van der Waals surface area contributed by atoms with E-state index in [2.05, 4.69) is 15.2 Å². The number of aliphatic hydroxyl groups is 1. The SMILES string of the molecule is OCc1ccccc1N=Nc1cccnc1. The summed E-state index contributed by atoms with van der Waals surface area (Å²) >= 11 is 0. The maximum atomic E-state index is 9.10. The fraction of sp³-hybridized carbons (Fsp3) is 0.0833. The van der Waals surface area contributed by atoms with E-state index in [1.165, 1.54) is 0 Å². The summed E-state index contributed by atoms with van der Waals surface area (Å²) in [4.78, 5) is 3.94. The number of aliphatic hydroxyl groups excluding tert-OH is 1. The number of hydrogen-bond donors (Lipinski definition) is 1. The zero-order valence-corrected chi connectivity index (χ0v) is 8.61. The minimum Gasteiger partial charge on any atom is -0.392 e. The molecule has 0 saturated carbocycles. The Morgan fingerprint density at radius 2 is 1.94 bits per heavy atom. The first-order valence-corrected chi connectivity index (χ1v) is 4.90. The van der Waals surface area contributed by atoms with Gasteiger partial charge in [0.2, 0.25) is 0 Å². The predicted octanol–water partition coefficient (Wildman–Crippen LogP) is 2.99. The number of pyridine rings is 1. The molecule has 0 aliphatic rings. The van der Waals surface area contributed by atoms with E-state index in [-0.39, 0.29) is 6.61 Å². The second-order valence-electron chi connectivity index (χ2n) is 3.20. The van der Waals surface area contributed by atoms with Gasteiger partial charge in [0, 0.05) is 11.8 Å². The zero-order valence-electron chi connectivity index (χ0n) is 8.61. The average Bonchev–Trinajstić information content (AvgIpc) is 2.38. The van der Waals surface area contributed by atoms with Crippen LogP contribution in [0.5, 0.6) is 0 Å². The van der Waals surface area contributed by atoms with Crippen LogP contribution >= 0.6 is 0 Å². The Morgan fingerprint density at radius 1 is 1.06 bits per heavy atom. The Kier molecular flexibility index (Phi) is 3.35. The van der Waals surface area contributed by atoms with Crippen molar-refractivity contribution in [3.63, 3.8) is 0 Å². The standard InChI is InChI=1S/C12H11N3O/c16-9-10-4-1-2-6-12(10)15-14-11-5-3-7-13-8-11/h1-8,16H,9H2. The van der Waals surface area contributed by atoms with Gasteiger partial charge in [-0.1, -0.05) is 18.2 Å². The van der Waals surface area contributed by atoms with E-state index in [4.69, 9.17) is 5.11 Å². The Balaban J connectivity index is 2.24. The van der Waals surface area contributed by atoms with Crippen LogP contribution in [-0.4, -0.2) is 10.1 Å². The van der Waals surface area contributed by atoms with Crippen LogP contribution in [0, 0.1) is 0 Å². The minimum absolute atomic E-state index is 0.0395. The van der Waals surface area contributed by atoms with Gasteiger partial charge in [-0.2, -0.15) is 5.11 Å². The highest BCUT2D eigenvalue weighted by Crippen LogP contribution is 2.21. The lowest BCUT2D eigenvalue weighted by Gasteiger charge is -1.99. The number of nitrogens with zero attached hydrogens (tertiary/aromatic N) is 3. The Bertz CT molecular complexity index is 483. The molecule has 0 amide bonds. The predicted molar refractivity (Wildman–Crippen MR) is 60.8 cm³/mol. The van der Waals surface area contributed by atoms with Gasteiger partial charge in [0.25, 0.3) is 0 Å². The first-order chi connectivity index (χ1) is 7.90. The molecule has 0 saturated heterocycles. The van der Waals surface area contributed by atoms with Gasteiger partial charge < -0.3 is 5.11 Å². The molecule has 0 bridgehead atoms. The van der Waals surface area contributed by atoms with E-state index in [0.717, 1.165) is 5.56 Å². The van der Waals surface area contributed by atoms with Gasteiger partial charge in [-0.05, 0) is 18.2 Å². The van der Waals surface area contributed by atoms with Gasteiger partial charge >= 0.3 is 0 Å². The van der Waals surface area contributed by atoms with Crippen molar-refractivity contribution in [3.8, 4) is 0 Å². The summed E-state index contributed by atoms with van der Waals surface area (Å²) in [5.74, 6) is 0. The lowest BCUT2D eigenvalue weighted by Crippen LogP contribution is -1.81. The Labute approximate surface area is 93.3 Å². The van der Waals surface area contributed by atoms with Crippen molar-refractivity contribution in [1.29, 1.82) is 0 Å². The van der Waals surface area contributed by atoms with Crippen LogP contribution in [0.4, 0.5) is 11.4 Å². The summed E-state index contributed by atoms with van der Waals surface area (Å²) in [5, 5.41) is 17.2. The summed E-state index contributed by atoms with van der Waals surface area (Å²) in [7, 11) is 0. The molecule has 2 rings (SSSR count). The van der Waals surface area contributed by atoms with Crippen molar-refractivity contribution in [2.75, 3.05) is 0 Å². The van der Waals surface area contributed by atoms with Crippen LogP contribution in [0.25, 0.3) is 0 Å². The van der Waals surface area contributed by atoms with Crippen molar-refractivity contribution in [2.45, 2.75) is 6.61 Å². The van der Waals surface area contributed by atoms with Crippen LogP contribution < -0.4 is 0 Å². The molecule has 16 heavy (non-hydrogen) atoms. The number of rotatable bonds is 3. The molecular weight excluding hydrogens is 202 g/mol. The lowest BCUT2D eigenvalue weighted by molar-refractivity contribution is 0.282. The molecule has 0 aliphatic heterocycles.